The molecular formula is C18H17BrN2OS. The first-order chi connectivity index (χ1) is 11.0. The lowest BCUT2D eigenvalue weighted by Crippen LogP contribution is -2.65. The van der Waals surface area contributed by atoms with Gasteiger partial charge >= 0.3 is 0 Å². The molecule has 2 unspecified atom stereocenters. The molecule has 3 nitrogen and oxygen atoms in total. The summed E-state index contributed by atoms with van der Waals surface area (Å²) in [5.41, 5.74) is 2.91. The summed E-state index contributed by atoms with van der Waals surface area (Å²) in [6, 6.07) is 14.6. The zero-order valence-corrected chi connectivity index (χ0v) is 15.4. The molecule has 2 aromatic rings. The SMILES string of the molecule is Cc1cc(N2C(=S)NC3CC2(C)Oc2ccccc23)ccc1Br. The van der Waals surface area contributed by atoms with E-state index in [0.717, 1.165) is 22.3 Å². The van der Waals surface area contributed by atoms with Crippen LogP contribution >= 0.6 is 28.1 Å². The van der Waals surface area contributed by atoms with Crippen molar-refractivity contribution in [3.05, 3.63) is 58.1 Å². The summed E-state index contributed by atoms with van der Waals surface area (Å²) in [5, 5.41) is 4.19. The van der Waals surface area contributed by atoms with Crippen LogP contribution in [0, 0.1) is 6.92 Å². The van der Waals surface area contributed by atoms with Crippen LogP contribution in [0.4, 0.5) is 5.69 Å². The maximum Gasteiger partial charge on any atom is 0.188 e. The molecule has 4 rings (SSSR count). The van der Waals surface area contributed by atoms with Gasteiger partial charge in [0.05, 0.1) is 6.04 Å². The van der Waals surface area contributed by atoms with E-state index in [1.54, 1.807) is 0 Å². The number of aryl methyl sites for hydroxylation is 1. The molecule has 0 aliphatic carbocycles. The number of rotatable bonds is 1. The summed E-state index contributed by atoms with van der Waals surface area (Å²) in [7, 11) is 0. The fourth-order valence-corrected chi connectivity index (χ4v) is 4.17. The van der Waals surface area contributed by atoms with Crippen molar-refractivity contribution in [2.75, 3.05) is 4.90 Å². The van der Waals surface area contributed by atoms with Crippen LogP contribution in [0.25, 0.3) is 0 Å². The van der Waals surface area contributed by atoms with Gasteiger partial charge in [0.25, 0.3) is 0 Å². The molecule has 0 spiro atoms. The van der Waals surface area contributed by atoms with Gasteiger partial charge in [-0.3, -0.25) is 4.90 Å². The number of hydrogen-bond donors (Lipinski definition) is 1. The maximum absolute atomic E-state index is 6.38. The number of ether oxygens (including phenoxy) is 1. The van der Waals surface area contributed by atoms with E-state index in [0.29, 0.717) is 5.11 Å². The summed E-state index contributed by atoms with van der Waals surface area (Å²) < 4.78 is 7.48. The monoisotopic (exact) mass is 388 g/mol. The summed E-state index contributed by atoms with van der Waals surface area (Å²) in [6.07, 6.45) is 0.846. The molecule has 2 aliphatic rings. The Bertz CT molecular complexity index is 809. The Kier molecular flexibility index (Phi) is 3.39. The Labute approximate surface area is 149 Å². The number of halogens is 1. The van der Waals surface area contributed by atoms with Gasteiger partial charge in [-0.2, -0.15) is 0 Å². The number of nitrogens with zero attached hydrogens (tertiary/aromatic N) is 1. The molecular weight excluding hydrogens is 372 g/mol. The third-order valence-electron chi connectivity index (χ3n) is 4.58. The van der Waals surface area contributed by atoms with Crippen LogP contribution in [0.15, 0.2) is 46.9 Å². The van der Waals surface area contributed by atoms with Crippen LogP contribution in [0.3, 0.4) is 0 Å². The minimum absolute atomic E-state index is 0.199. The van der Waals surface area contributed by atoms with Gasteiger partial charge in [-0.15, -0.1) is 0 Å². The summed E-state index contributed by atoms with van der Waals surface area (Å²) in [6.45, 7) is 4.19. The summed E-state index contributed by atoms with van der Waals surface area (Å²) >= 11 is 9.22. The Morgan fingerprint density at radius 1 is 1.30 bits per heavy atom. The molecule has 118 valence electrons. The molecule has 2 atom stereocenters. The molecule has 2 heterocycles. The average Bonchev–Trinajstić information content (AvgIpc) is 2.50. The fourth-order valence-electron chi connectivity index (χ4n) is 3.48. The van der Waals surface area contributed by atoms with Crippen molar-refractivity contribution < 1.29 is 4.74 Å². The number of nitrogens with one attached hydrogen (secondary N) is 1. The van der Waals surface area contributed by atoms with Crippen molar-refractivity contribution in [2.24, 2.45) is 0 Å². The molecule has 2 aliphatic heterocycles. The van der Waals surface area contributed by atoms with Crippen LogP contribution in [0.1, 0.15) is 30.5 Å². The van der Waals surface area contributed by atoms with E-state index >= 15 is 0 Å². The number of thiocarbonyl (C=S) groups is 1. The lowest BCUT2D eigenvalue weighted by Gasteiger charge is -2.52. The van der Waals surface area contributed by atoms with Crippen LogP contribution in [-0.2, 0) is 0 Å². The van der Waals surface area contributed by atoms with Crippen molar-refractivity contribution in [3.63, 3.8) is 0 Å². The molecule has 5 heteroatoms. The Balaban J connectivity index is 1.81. The minimum Gasteiger partial charge on any atom is -0.467 e. The van der Waals surface area contributed by atoms with Gasteiger partial charge in [-0.1, -0.05) is 34.1 Å². The lowest BCUT2D eigenvalue weighted by molar-refractivity contribution is 0.0498. The predicted molar refractivity (Wildman–Crippen MR) is 99.9 cm³/mol. The van der Waals surface area contributed by atoms with Gasteiger partial charge in [0, 0.05) is 22.1 Å². The van der Waals surface area contributed by atoms with Gasteiger partial charge in [0.15, 0.2) is 10.8 Å². The van der Waals surface area contributed by atoms with E-state index in [2.05, 4.69) is 64.3 Å². The maximum atomic E-state index is 6.38. The molecule has 23 heavy (non-hydrogen) atoms. The van der Waals surface area contributed by atoms with E-state index in [4.69, 9.17) is 17.0 Å². The molecule has 0 saturated carbocycles. The number of benzene rings is 2. The van der Waals surface area contributed by atoms with Crippen molar-refractivity contribution in [2.45, 2.75) is 32.0 Å². The second-order valence-electron chi connectivity index (χ2n) is 6.29. The summed E-state index contributed by atoms with van der Waals surface area (Å²) in [4.78, 5) is 2.09. The van der Waals surface area contributed by atoms with Crippen LogP contribution in [0.2, 0.25) is 0 Å². The van der Waals surface area contributed by atoms with E-state index in [1.165, 1.54) is 11.1 Å². The third-order valence-corrected chi connectivity index (χ3v) is 5.77. The van der Waals surface area contributed by atoms with Gasteiger partial charge in [0.1, 0.15) is 5.75 Å². The average molecular weight is 389 g/mol. The molecule has 1 fully saturated rings. The zero-order chi connectivity index (χ0) is 16.2. The van der Waals surface area contributed by atoms with Gasteiger partial charge < -0.3 is 10.1 Å². The number of para-hydroxylation sites is 1. The van der Waals surface area contributed by atoms with E-state index in [1.807, 2.05) is 18.2 Å². The molecule has 1 N–H and O–H groups in total. The smallest absolute Gasteiger partial charge is 0.188 e. The summed E-state index contributed by atoms with van der Waals surface area (Å²) in [5.74, 6) is 0.931. The molecule has 2 aromatic carbocycles. The Morgan fingerprint density at radius 3 is 2.87 bits per heavy atom. The van der Waals surface area contributed by atoms with E-state index in [-0.39, 0.29) is 6.04 Å². The highest BCUT2D eigenvalue weighted by molar-refractivity contribution is 9.10. The van der Waals surface area contributed by atoms with Gasteiger partial charge in [-0.05, 0) is 55.9 Å². The fraction of sp³-hybridized carbons (Fsp3) is 0.278. The van der Waals surface area contributed by atoms with Gasteiger partial charge in [-0.25, -0.2) is 0 Å². The van der Waals surface area contributed by atoms with Crippen LogP contribution in [0.5, 0.6) is 5.75 Å². The zero-order valence-electron chi connectivity index (χ0n) is 13.0. The minimum atomic E-state index is -0.485. The molecule has 0 radical (unpaired) electrons. The first-order valence-electron chi connectivity index (χ1n) is 7.63. The standard InChI is InChI=1S/C18H17BrN2OS/c1-11-9-12(7-8-14(11)19)21-17(23)20-15-10-18(21,2)22-16-6-4-3-5-13(15)16/h3-9,15H,10H2,1-2H3,(H,20,23). The van der Waals surface area contributed by atoms with Crippen molar-refractivity contribution in [1.82, 2.24) is 5.32 Å². The van der Waals surface area contributed by atoms with Crippen LogP contribution in [-0.4, -0.2) is 10.8 Å². The highest BCUT2D eigenvalue weighted by Crippen LogP contribution is 2.45. The third kappa shape index (κ3) is 2.34. The second-order valence-corrected chi connectivity index (χ2v) is 7.53. The first-order valence-corrected chi connectivity index (χ1v) is 8.83. The number of anilines is 1. The van der Waals surface area contributed by atoms with Gasteiger partial charge in [0.2, 0.25) is 0 Å². The Hall–Kier alpha value is -1.59. The van der Waals surface area contributed by atoms with E-state index < -0.39 is 5.72 Å². The van der Waals surface area contributed by atoms with Crippen molar-refractivity contribution in [3.8, 4) is 5.75 Å². The Morgan fingerprint density at radius 2 is 2.09 bits per heavy atom. The highest BCUT2D eigenvalue weighted by atomic mass is 79.9. The topological polar surface area (TPSA) is 24.5 Å². The first kappa shape index (κ1) is 15.0. The van der Waals surface area contributed by atoms with Crippen molar-refractivity contribution in [1.29, 1.82) is 0 Å². The normalized spacial score (nSPS) is 25.4. The largest absolute Gasteiger partial charge is 0.467 e. The highest BCUT2D eigenvalue weighted by Gasteiger charge is 2.48. The molecule has 1 saturated heterocycles. The van der Waals surface area contributed by atoms with E-state index in [9.17, 15) is 0 Å². The number of hydrogen-bond acceptors (Lipinski definition) is 2. The lowest BCUT2D eigenvalue weighted by atomic mass is 9.90. The number of fused-ring (bicyclic) bond motifs is 4. The van der Waals surface area contributed by atoms with Crippen LogP contribution < -0.4 is 15.0 Å². The molecule has 0 amide bonds. The second kappa shape index (κ2) is 5.21. The molecule has 2 bridgehead atoms. The molecule has 0 aromatic heterocycles. The quantitative estimate of drug-likeness (QED) is 0.716. The predicted octanol–water partition coefficient (Wildman–Crippen LogP) is 4.69. The van der Waals surface area contributed by atoms with Crippen molar-refractivity contribution >= 4 is 38.9 Å².